The van der Waals surface area contributed by atoms with Crippen molar-refractivity contribution < 1.29 is 23.9 Å². The number of nitrogens with zero attached hydrogens (tertiary/aromatic N) is 5. The van der Waals surface area contributed by atoms with Crippen molar-refractivity contribution in [3.63, 3.8) is 0 Å². The lowest BCUT2D eigenvalue weighted by Gasteiger charge is -2.36. The van der Waals surface area contributed by atoms with Gasteiger partial charge in [-0.3, -0.25) is 24.5 Å². The van der Waals surface area contributed by atoms with Gasteiger partial charge in [0.1, 0.15) is 31.1 Å². The molecule has 4 amide bonds. The van der Waals surface area contributed by atoms with Crippen LogP contribution in [0.2, 0.25) is 0 Å². The largest absolute Gasteiger partial charge is 0.491 e. The van der Waals surface area contributed by atoms with Crippen LogP contribution in [0.3, 0.4) is 0 Å². The van der Waals surface area contributed by atoms with Gasteiger partial charge in [-0.1, -0.05) is 18.2 Å². The zero-order valence-corrected chi connectivity index (χ0v) is 22.0. The third-order valence-corrected chi connectivity index (χ3v) is 7.87. The van der Waals surface area contributed by atoms with Crippen molar-refractivity contribution in [2.24, 2.45) is 0 Å². The number of hydrogen-bond acceptors (Lipinski definition) is 7. The van der Waals surface area contributed by atoms with Crippen molar-refractivity contribution in [1.29, 1.82) is 0 Å². The first-order chi connectivity index (χ1) is 19.5. The smallest absolute Gasteiger partial charge is 0.255 e. The molecular formula is C29H30N6O5. The monoisotopic (exact) mass is 542 g/mol. The van der Waals surface area contributed by atoms with Crippen molar-refractivity contribution >= 4 is 23.6 Å². The lowest BCUT2D eigenvalue weighted by molar-refractivity contribution is -0.136. The number of amides is 4. The Morgan fingerprint density at radius 2 is 1.95 bits per heavy atom. The Balaban J connectivity index is 1.13. The minimum absolute atomic E-state index is 0.0246. The minimum Gasteiger partial charge on any atom is -0.491 e. The number of carbonyl (C=O) groups excluding carboxylic acids is 4. The quantitative estimate of drug-likeness (QED) is 0.454. The third-order valence-electron chi connectivity index (χ3n) is 7.87. The highest BCUT2D eigenvalue weighted by atomic mass is 16.5. The molecule has 11 nitrogen and oxygen atoms in total. The first-order valence-electron chi connectivity index (χ1n) is 13.6. The zero-order chi connectivity index (χ0) is 27.6. The van der Waals surface area contributed by atoms with Crippen molar-refractivity contribution in [3.05, 3.63) is 77.4 Å². The van der Waals surface area contributed by atoms with Gasteiger partial charge in [0.2, 0.25) is 11.8 Å². The van der Waals surface area contributed by atoms with Gasteiger partial charge in [0.05, 0.1) is 12.6 Å². The van der Waals surface area contributed by atoms with E-state index in [9.17, 15) is 19.2 Å². The fraction of sp³-hybridized carbons (Fsp3) is 0.379. The summed E-state index contributed by atoms with van der Waals surface area (Å²) >= 11 is 0. The van der Waals surface area contributed by atoms with E-state index in [0.29, 0.717) is 43.0 Å². The number of fused-ring (bicyclic) bond motifs is 1. The van der Waals surface area contributed by atoms with E-state index in [4.69, 9.17) is 4.74 Å². The summed E-state index contributed by atoms with van der Waals surface area (Å²) in [7, 11) is 0. The van der Waals surface area contributed by atoms with Crippen LogP contribution < -0.4 is 10.1 Å². The molecule has 0 aliphatic carbocycles. The van der Waals surface area contributed by atoms with Crippen LogP contribution in [0.15, 0.2) is 55.1 Å². The second-order valence-electron chi connectivity index (χ2n) is 10.4. The Bertz CT molecular complexity index is 1450. The Morgan fingerprint density at radius 3 is 2.77 bits per heavy atom. The number of carbonyl (C=O) groups is 4. The van der Waals surface area contributed by atoms with E-state index in [-0.39, 0.29) is 36.7 Å². The van der Waals surface area contributed by atoms with Gasteiger partial charge in [0.25, 0.3) is 11.8 Å². The van der Waals surface area contributed by atoms with Crippen LogP contribution in [0.25, 0.3) is 0 Å². The van der Waals surface area contributed by atoms with Gasteiger partial charge in [-0.2, -0.15) is 5.10 Å². The molecular weight excluding hydrogens is 512 g/mol. The number of imide groups is 1. The Hall–Kier alpha value is -4.54. The maximum absolute atomic E-state index is 13.7. The lowest BCUT2D eigenvalue weighted by Crippen LogP contribution is -2.52. The molecule has 1 unspecified atom stereocenters. The SMILES string of the molecule is O=C1CCC(N2Cc3cc(OC[C@H]4CCCCN4C(=O)c4ccccc4Cn4cncn4)ccc3C2=O)C(=O)N1. The molecule has 0 bridgehead atoms. The van der Waals surface area contributed by atoms with Gasteiger partial charge >= 0.3 is 0 Å². The number of aromatic nitrogens is 3. The number of benzene rings is 2. The standard InChI is InChI=1S/C29H30N6O5/c36-26-11-10-25(27(37)32-26)35-15-20-13-22(8-9-24(20)29(35)39)40-16-21-6-3-4-12-34(21)28(38)23-7-2-1-5-19(23)14-33-18-30-17-31-33/h1-2,5,7-9,13,17-18,21,25H,3-4,6,10-12,14-16H2,(H,32,36,37)/t21-,25?/m1/s1. The minimum atomic E-state index is -0.656. The fourth-order valence-electron chi connectivity index (χ4n) is 5.78. The van der Waals surface area contributed by atoms with Gasteiger partial charge < -0.3 is 14.5 Å². The lowest BCUT2D eigenvalue weighted by atomic mass is 9.99. The maximum Gasteiger partial charge on any atom is 0.255 e. The topological polar surface area (TPSA) is 127 Å². The highest BCUT2D eigenvalue weighted by molar-refractivity contribution is 6.05. The van der Waals surface area contributed by atoms with Gasteiger partial charge in [-0.25, -0.2) is 9.67 Å². The molecule has 40 heavy (non-hydrogen) atoms. The summed E-state index contributed by atoms with van der Waals surface area (Å²) in [5.41, 5.74) is 2.85. The van der Waals surface area contributed by atoms with E-state index in [0.717, 1.165) is 30.4 Å². The number of piperidine rings is 2. The molecule has 3 aliphatic heterocycles. The number of hydrogen-bond donors (Lipinski definition) is 1. The van der Waals surface area contributed by atoms with Crippen molar-refractivity contribution in [2.75, 3.05) is 13.2 Å². The summed E-state index contributed by atoms with van der Waals surface area (Å²) in [6.07, 6.45) is 6.43. The molecule has 6 rings (SSSR count). The number of ether oxygens (including phenoxy) is 1. The Morgan fingerprint density at radius 1 is 1.07 bits per heavy atom. The van der Waals surface area contributed by atoms with Gasteiger partial charge in [0.15, 0.2) is 0 Å². The molecule has 206 valence electrons. The van der Waals surface area contributed by atoms with Crippen LogP contribution in [-0.4, -0.2) is 73.4 Å². The van der Waals surface area contributed by atoms with E-state index in [1.54, 1.807) is 23.1 Å². The van der Waals surface area contributed by atoms with Crippen molar-refractivity contribution in [2.45, 2.75) is 57.3 Å². The predicted octanol–water partition coefficient (Wildman–Crippen LogP) is 2.16. The summed E-state index contributed by atoms with van der Waals surface area (Å²) in [5, 5.41) is 6.50. The van der Waals surface area contributed by atoms with E-state index in [2.05, 4.69) is 15.4 Å². The molecule has 3 aromatic rings. The molecule has 11 heteroatoms. The van der Waals surface area contributed by atoms with Gasteiger partial charge in [-0.15, -0.1) is 0 Å². The highest BCUT2D eigenvalue weighted by Crippen LogP contribution is 2.31. The second kappa shape index (κ2) is 10.9. The van der Waals surface area contributed by atoms with E-state index in [1.807, 2.05) is 35.2 Å². The molecule has 0 saturated carbocycles. The summed E-state index contributed by atoms with van der Waals surface area (Å²) in [4.78, 5) is 58.0. The Labute approximate surface area is 231 Å². The first kappa shape index (κ1) is 25.7. The molecule has 2 fully saturated rings. The average Bonchev–Trinajstić information content (AvgIpc) is 3.59. The predicted molar refractivity (Wildman–Crippen MR) is 142 cm³/mol. The normalized spacial score (nSPS) is 20.9. The molecule has 1 aromatic heterocycles. The first-order valence-corrected chi connectivity index (χ1v) is 13.6. The molecule has 2 saturated heterocycles. The molecule has 4 heterocycles. The highest BCUT2D eigenvalue weighted by Gasteiger charge is 2.39. The van der Waals surface area contributed by atoms with E-state index in [1.165, 1.54) is 11.2 Å². The van der Waals surface area contributed by atoms with Crippen LogP contribution in [-0.2, 0) is 22.7 Å². The van der Waals surface area contributed by atoms with Crippen molar-refractivity contribution in [1.82, 2.24) is 29.9 Å². The molecule has 2 aromatic carbocycles. The van der Waals surface area contributed by atoms with Crippen molar-refractivity contribution in [3.8, 4) is 5.75 Å². The summed E-state index contributed by atoms with van der Waals surface area (Å²) < 4.78 is 7.88. The number of rotatable bonds is 7. The molecule has 0 radical (unpaired) electrons. The molecule has 2 atom stereocenters. The fourth-order valence-corrected chi connectivity index (χ4v) is 5.78. The number of nitrogens with one attached hydrogen (secondary N) is 1. The summed E-state index contributed by atoms with van der Waals surface area (Å²) in [6.45, 7) is 1.74. The van der Waals surface area contributed by atoms with E-state index >= 15 is 0 Å². The van der Waals surface area contributed by atoms with Crippen LogP contribution >= 0.6 is 0 Å². The van der Waals surface area contributed by atoms with Gasteiger partial charge in [0, 0.05) is 30.6 Å². The second-order valence-corrected chi connectivity index (χ2v) is 10.4. The average molecular weight is 543 g/mol. The van der Waals surface area contributed by atoms with Gasteiger partial charge in [-0.05, 0) is 61.1 Å². The zero-order valence-electron chi connectivity index (χ0n) is 22.0. The number of likely N-dealkylation sites (tertiary alicyclic amines) is 1. The maximum atomic E-state index is 13.7. The summed E-state index contributed by atoms with van der Waals surface area (Å²) in [5.74, 6) is -0.372. The van der Waals surface area contributed by atoms with Crippen LogP contribution in [0.4, 0.5) is 0 Å². The molecule has 1 N–H and O–H groups in total. The van der Waals surface area contributed by atoms with E-state index < -0.39 is 11.9 Å². The summed E-state index contributed by atoms with van der Waals surface area (Å²) in [6, 6.07) is 12.2. The van der Waals surface area contributed by atoms with Crippen LogP contribution in [0.5, 0.6) is 5.75 Å². The molecule has 0 spiro atoms. The Kier molecular flexibility index (Phi) is 7.02. The third kappa shape index (κ3) is 5.06. The van der Waals surface area contributed by atoms with Crippen LogP contribution in [0.1, 0.15) is 63.9 Å². The van der Waals surface area contributed by atoms with Crippen LogP contribution in [0, 0.1) is 0 Å². The molecule has 3 aliphatic rings.